The molecule has 226 valence electrons. The third-order valence-electron chi connectivity index (χ3n) is 6.32. The number of carbonyl (C=O) groups excluding carboxylic acids is 4. The highest BCUT2D eigenvalue weighted by molar-refractivity contribution is 8.00. The van der Waals surface area contributed by atoms with Crippen molar-refractivity contribution in [2.75, 3.05) is 18.5 Å². The van der Waals surface area contributed by atoms with Crippen molar-refractivity contribution < 1.29 is 28.7 Å². The summed E-state index contributed by atoms with van der Waals surface area (Å²) in [4.78, 5) is 51.1. The Bertz CT molecular complexity index is 1460. The molecule has 11 nitrogen and oxygen atoms in total. The maximum Gasteiger partial charge on any atom is 0.348 e. The number of carbonyl (C=O) groups is 4. The summed E-state index contributed by atoms with van der Waals surface area (Å²) in [6, 6.07) is 7.49. The number of amides is 2. The third kappa shape index (κ3) is 7.77. The number of esters is 2. The number of benzene rings is 1. The van der Waals surface area contributed by atoms with Crippen LogP contribution in [0.1, 0.15) is 88.9 Å². The summed E-state index contributed by atoms with van der Waals surface area (Å²) in [6.45, 7) is 13.5. The van der Waals surface area contributed by atoms with Gasteiger partial charge in [0.1, 0.15) is 9.88 Å². The monoisotopic (exact) mass is 615 g/mol. The lowest BCUT2D eigenvalue weighted by Crippen LogP contribution is -2.25. The molecule has 42 heavy (non-hydrogen) atoms. The van der Waals surface area contributed by atoms with E-state index in [-0.39, 0.29) is 46.5 Å². The molecule has 2 amide bonds. The minimum Gasteiger partial charge on any atom is -0.462 e. The van der Waals surface area contributed by atoms with Crippen LogP contribution in [0.25, 0.3) is 0 Å². The Hall–Kier alpha value is -3.71. The second-order valence-electron chi connectivity index (χ2n) is 10.4. The molecule has 0 saturated heterocycles. The van der Waals surface area contributed by atoms with E-state index in [9.17, 15) is 19.2 Å². The molecule has 0 aliphatic heterocycles. The molecule has 0 aliphatic rings. The van der Waals surface area contributed by atoms with Crippen molar-refractivity contribution in [3.05, 3.63) is 57.2 Å². The van der Waals surface area contributed by atoms with Crippen LogP contribution < -0.4 is 10.6 Å². The lowest BCUT2D eigenvalue weighted by molar-refractivity contribution is -0.115. The predicted octanol–water partition coefficient (Wildman–Crippen LogP) is 4.89. The van der Waals surface area contributed by atoms with E-state index in [4.69, 9.17) is 9.47 Å². The first-order valence-electron chi connectivity index (χ1n) is 13.5. The van der Waals surface area contributed by atoms with E-state index >= 15 is 0 Å². The van der Waals surface area contributed by atoms with Crippen LogP contribution in [-0.2, 0) is 33.3 Å². The highest BCUT2D eigenvalue weighted by Gasteiger charge is 2.29. The molecule has 0 aliphatic carbocycles. The molecule has 0 saturated carbocycles. The van der Waals surface area contributed by atoms with Crippen LogP contribution in [0.15, 0.2) is 29.4 Å². The number of rotatable bonds is 11. The number of anilines is 1. The Labute approximate surface area is 253 Å². The molecule has 0 unspecified atom stereocenters. The minimum absolute atomic E-state index is 0.00672. The number of nitrogens with one attached hydrogen (secondary N) is 2. The zero-order valence-corrected chi connectivity index (χ0v) is 26.7. The van der Waals surface area contributed by atoms with Gasteiger partial charge in [-0.05, 0) is 56.4 Å². The van der Waals surface area contributed by atoms with E-state index in [1.54, 1.807) is 51.4 Å². The predicted molar refractivity (Wildman–Crippen MR) is 162 cm³/mol. The number of thiophene rings is 1. The molecule has 0 fully saturated rings. The van der Waals surface area contributed by atoms with E-state index in [2.05, 4.69) is 41.6 Å². The maximum absolute atomic E-state index is 13.1. The van der Waals surface area contributed by atoms with Gasteiger partial charge in [-0.25, -0.2) is 9.59 Å². The van der Waals surface area contributed by atoms with Crippen LogP contribution in [-0.4, -0.2) is 57.0 Å². The smallest absolute Gasteiger partial charge is 0.348 e. The van der Waals surface area contributed by atoms with Gasteiger partial charge in [0.05, 0.1) is 30.6 Å². The van der Waals surface area contributed by atoms with Gasteiger partial charge in [0.2, 0.25) is 5.91 Å². The first kappa shape index (κ1) is 32.8. The average Bonchev–Trinajstić information content (AvgIpc) is 3.45. The van der Waals surface area contributed by atoms with Crippen LogP contribution in [0.5, 0.6) is 0 Å². The average molecular weight is 616 g/mol. The standard InChI is InChI=1S/C29H37N5O6S2/c1-9-39-26(37)21-16(3)22(27(38)40-10-2)42-25(21)31-23(35)17(4)41-28-33-32-20(34(28)8)15-30-24(36)18-11-13-19(14-12-18)29(5,6)7/h11-14,17H,9-10,15H2,1-8H3,(H,30,36)(H,31,35)/t17-/m1/s1. The molecule has 3 rings (SSSR count). The quantitative estimate of drug-likeness (QED) is 0.228. The van der Waals surface area contributed by atoms with Gasteiger partial charge in [-0.3, -0.25) is 9.59 Å². The zero-order valence-electron chi connectivity index (χ0n) is 25.1. The number of ether oxygens (including phenoxy) is 2. The first-order chi connectivity index (χ1) is 19.8. The van der Waals surface area contributed by atoms with E-state index in [1.165, 1.54) is 0 Å². The second kappa shape index (κ2) is 14.0. The van der Waals surface area contributed by atoms with E-state index in [1.807, 2.05) is 12.1 Å². The van der Waals surface area contributed by atoms with Gasteiger partial charge in [0.25, 0.3) is 5.91 Å². The van der Waals surface area contributed by atoms with Crippen LogP contribution in [0.4, 0.5) is 5.00 Å². The van der Waals surface area contributed by atoms with Crippen molar-refractivity contribution in [3.63, 3.8) is 0 Å². The summed E-state index contributed by atoms with van der Waals surface area (Å²) in [5.74, 6) is -1.33. The van der Waals surface area contributed by atoms with E-state index in [0.717, 1.165) is 28.7 Å². The molecule has 1 aromatic carbocycles. The number of hydrogen-bond donors (Lipinski definition) is 2. The van der Waals surface area contributed by atoms with Crippen molar-refractivity contribution in [1.29, 1.82) is 0 Å². The van der Waals surface area contributed by atoms with Crippen LogP contribution in [0.3, 0.4) is 0 Å². The van der Waals surface area contributed by atoms with Crippen LogP contribution in [0.2, 0.25) is 0 Å². The minimum atomic E-state index is -0.639. The molecule has 13 heteroatoms. The molecule has 1 atom stereocenters. The topological polar surface area (TPSA) is 142 Å². The van der Waals surface area contributed by atoms with Crippen molar-refractivity contribution >= 4 is 51.9 Å². The lowest BCUT2D eigenvalue weighted by Gasteiger charge is -2.19. The normalized spacial score (nSPS) is 12.0. The van der Waals surface area contributed by atoms with Crippen molar-refractivity contribution in [1.82, 2.24) is 20.1 Å². The van der Waals surface area contributed by atoms with Gasteiger partial charge in [0, 0.05) is 12.6 Å². The Morgan fingerprint density at radius 2 is 1.64 bits per heavy atom. The lowest BCUT2D eigenvalue weighted by atomic mass is 9.87. The van der Waals surface area contributed by atoms with Gasteiger partial charge in [-0.2, -0.15) is 0 Å². The Morgan fingerprint density at radius 3 is 2.24 bits per heavy atom. The van der Waals surface area contributed by atoms with Gasteiger partial charge >= 0.3 is 11.9 Å². The summed E-state index contributed by atoms with van der Waals surface area (Å²) in [7, 11) is 1.75. The molecule has 0 radical (unpaired) electrons. The molecule has 3 aromatic rings. The molecule has 2 N–H and O–H groups in total. The molecule has 0 spiro atoms. The third-order valence-corrected chi connectivity index (χ3v) is 8.64. The Morgan fingerprint density at radius 1 is 1.02 bits per heavy atom. The van der Waals surface area contributed by atoms with Crippen molar-refractivity contribution in [3.8, 4) is 0 Å². The van der Waals surface area contributed by atoms with E-state index in [0.29, 0.717) is 22.1 Å². The fourth-order valence-corrected chi connectivity index (χ4v) is 5.78. The maximum atomic E-state index is 13.1. The number of nitrogens with zero attached hydrogens (tertiary/aromatic N) is 3. The van der Waals surface area contributed by atoms with Gasteiger partial charge < -0.3 is 24.7 Å². The fourth-order valence-electron chi connectivity index (χ4n) is 3.85. The summed E-state index contributed by atoms with van der Waals surface area (Å²) >= 11 is 2.13. The second-order valence-corrected chi connectivity index (χ2v) is 12.7. The number of aromatic nitrogens is 3. The van der Waals surface area contributed by atoms with Crippen LogP contribution in [0, 0.1) is 6.92 Å². The number of hydrogen-bond acceptors (Lipinski definition) is 10. The number of thioether (sulfide) groups is 1. The summed E-state index contributed by atoms with van der Waals surface area (Å²) < 4.78 is 12.0. The first-order valence-corrected chi connectivity index (χ1v) is 15.2. The summed E-state index contributed by atoms with van der Waals surface area (Å²) in [5, 5.41) is 14.0. The fraction of sp³-hybridized carbons (Fsp3) is 0.448. The van der Waals surface area contributed by atoms with Gasteiger partial charge in [0.15, 0.2) is 11.0 Å². The summed E-state index contributed by atoms with van der Waals surface area (Å²) in [5.41, 5.74) is 2.19. The molecule has 0 bridgehead atoms. The Balaban J connectivity index is 1.67. The largest absolute Gasteiger partial charge is 0.462 e. The highest BCUT2D eigenvalue weighted by Crippen LogP contribution is 2.35. The Kier molecular flexibility index (Phi) is 10.9. The molecule has 2 heterocycles. The van der Waals surface area contributed by atoms with Crippen LogP contribution >= 0.6 is 23.1 Å². The summed E-state index contributed by atoms with van der Waals surface area (Å²) in [6.07, 6.45) is 0. The van der Waals surface area contributed by atoms with Crippen molar-refractivity contribution in [2.24, 2.45) is 7.05 Å². The zero-order chi connectivity index (χ0) is 31.2. The van der Waals surface area contributed by atoms with Crippen molar-refractivity contribution in [2.45, 2.75) is 70.8 Å². The SMILES string of the molecule is CCOC(=O)c1sc(NC(=O)[C@@H](C)Sc2nnc(CNC(=O)c3ccc(C(C)(C)C)cc3)n2C)c(C(=O)OCC)c1C. The molecule has 2 aromatic heterocycles. The van der Waals surface area contributed by atoms with Gasteiger partial charge in [-0.1, -0.05) is 44.7 Å². The van der Waals surface area contributed by atoms with E-state index < -0.39 is 23.1 Å². The molecular formula is C29H37N5O6S2. The molecular weight excluding hydrogens is 578 g/mol. The van der Waals surface area contributed by atoms with Gasteiger partial charge in [-0.15, -0.1) is 21.5 Å². The highest BCUT2D eigenvalue weighted by atomic mass is 32.2.